The number of aromatic hydroxyl groups is 1. The predicted molar refractivity (Wildman–Crippen MR) is 84.6 cm³/mol. The van der Waals surface area contributed by atoms with Gasteiger partial charge in [0.15, 0.2) is 5.65 Å². The van der Waals surface area contributed by atoms with Crippen molar-refractivity contribution in [3.05, 3.63) is 23.5 Å². The zero-order chi connectivity index (χ0) is 16.8. The molecule has 1 amide bonds. The van der Waals surface area contributed by atoms with Gasteiger partial charge in [0, 0.05) is 30.6 Å². The number of carbonyl (C=O) groups excluding carboxylic acids is 1. The lowest BCUT2D eigenvalue weighted by molar-refractivity contribution is 0.0248. The quantitative estimate of drug-likeness (QED) is 0.806. The van der Waals surface area contributed by atoms with Crippen LogP contribution < -0.4 is 0 Å². The van der Waals surface area contributed by atoms with Gasteiger partial charge in [-0.1, -0.05) is 6.92 Å². The summed E-state index contributed by atoms with van der Waals surface area (Å²) in [5.41, 5.74) is 1.65. The molecule has 124 valence electrons. The van der Waals surface area contributed by atoms with Gasteiger partial charge in [0.1, 0.15) is 5.60 Å². The van der Waals surface area contributed by atoms with Gasteiger partial charge in [0.2, 0.25) is 5.88 Å². The molecular formula is C16H22N4O3. The van der Waals surface area contributed by atoms with Gasteiger partial charge in [-0.05, 0) is 27.2 Å². The van der Waals surface area contributed by atoms with Crippen molar-refractivity contribution in [1.82, 2.24) is 19.5 Å². The Labute approximate surface area is 134 Å². The van der Waals surface area contributed by atoms with E-state index in [4.69, 9.17) is 4.74 Å². The topological polar surface area (TPSA) is 80.0 Å². The Balaban J connectivity index is 1.91. The molecule has 7 heteroatoms. The summed E-state index contributed by atoms with van der Waals surface area (Å²) in [6.45, 7) is 8.55. The van der Waals surface area contributed by atoms with Gasteiger partial charge >= 0.3 is 6.09 Å². The van der Waals surface area contributed by atoms with Crippen LogP contribution in [0.3, 0.4) is 0 Å². The molecule has 0 fully saturated rings. The van der Waals surface area contributed by atoms with Gasteiger partial charge in [0.05, 0.1) is 11.9 Å². The van der Waals surface area contributed by atoms with Crippen LogP contribution in [0, 0.1) is 0 Å². The highest BCUT2D eigenvalue weighted by Crippen LogP contribution is 2.30. The summed E-state index contributed by atoms with van der Waals surface area (Å²) in [5, 5.41) is 14.5. The number of rotatable bonds is 0. The number of ether oxygens (including phenoxy) is 1. The Morgan fingerprint density at radius 3 is 2.87 bits per heavy atom. The van der Waals surface area contributed by atoms with Gasteiger partial charge in [-0.3, -0.25) is 0 Å². The van der Waals surface area contributed by atoms with Gasteiger partial charge < -0.3 is 14.7 Å². The SMILES string of the molecule is CC1CN(C(=O)OC(C)(C)C)CCc2c1nc1ccnn1c2O. The Hall–Kier alpha value is -2.31. The molecule has 1 atom stereocenters. The number of amides is 1. The van der Waals surface area contributed by atoms with Crippen LogP contribution in [0.2, 0.25) is 0 Å². The molecule has 7 nitrogen and oxygen atoms in total. The van der Waals surface area contributed by atoms with Crippen molar-refractivity contribution in [2.45, 2.75) is 45.6 Å². The molecule has 0 bridgehead atoms. The largest absolute Gasteiger partial charge is 0.493 e. The van der Waals surface area contributed by atoms with E-state index in [9.17, 15) is 9.90 Å². The third-order valence-electron chi connectivity index (χ3n) is 3.88. The van der Waals surface area contributed by atoms with Crippen molar-refractivity contribution in [2.75, 3.05) is 13.1 Å². The van der Waals surface area contributed by atoms with Crippen LogP contribution in [0.15, 0.2) is 12.3 Å². The van der Waals surface area contributed by atoms with E-state index in [2.05, 4.69) is 10.1 Å². The van der Waals surface area contributed by atoms with E-state index in [1.165, 1.54) is 4.52 Å². The highest BCUT2D eigenvalue weighted by atomic mass is 16.6. The molecule has 0 saturated heterocycles. The monoisotopic (exact) mass is 318 g/mol. The fraction of sp³-hybridized carbons (Fsp3) is 0.562. The summed E-state index contributed by atoms with van der Waals surface area (Å²) in [7, 11) is 0. The summed E-state index contributed by atoms with van der Waals surface area (Å²) < 4.78 is 6.88. The molecule has 2 aromatic rings. The zero-order valence-corrected chi connectivity index (χ0v) is 13.9. The Bertz CT molecular complexity index is 748. The van der Waals surface area contributed by atoms with E-state index in [1.807, 2.05) is 27.7 Å². The molecule has 1 N–H and O–H groups in total. The van der Waals surface area contributed by atoms with Crippen molar-refractivity contribution < 1.29 is 14.6 Å². The van der Waals surface area contributed by atoms with E-state index in [0.29, 0.717) is 25.2 Å². The first-order valence-corrected chi connectivity index (χ1v) is 7.79. The lowest BCUT2D eigenvalue weighted by atomic mass is 10.0. The summed E-state index contributed by atoms with van der Waals surface area (Å²) in [5.74, 6) is 0.110. The van der Waals surface area contributed by atoms with E-state index in [1.54, 1.807) is 17.2 Å². The zero-order valence-electron chi connectivity index (χ0n) is 13.9. The second kappa shape index (κ2) is 5.40. The molecule has 23 heavy (non-hydrogen) atoms. The number of fused-ring (bicyclic) bond motifs is 2. The standard InChI is InChI=1S/C16H22N4O3/c1-10-9-19(15(22)23-16(2,3)4)8-6-11-13(10)18-12-5-7-17-20(12)14(11)21/h5,7,10,21H,6,8-9H2,1-4H3. The van der Waals surface area contributed by atoms with Crippen LogP contribution in [0.4, 0.5) is 4.79 Å². The summed E-state index contributed by atoms with van der Waals surface area (Å²) in [6, 6.07) is 1.75. The van der Waals surface area contributed by atoms with Gasteiger partial charge in [0.25, 0.3) is 0 Å². The van der Waals surface area contributed by atoms with Crippen molar-refractivity contribution >= 4 is 11.7 Å². The van der Waals surface area contributed by atoms with Gasteiger partial charge in [-0.25, -0.2) is 9.78 Å². The average molecular weight is 318 g/mol. The van der Waals surface area contributed by atoms with Crippen LogP contribution in [0.1, 0.15) is 44.9 Å². The Morgan fingerprint density at radius 2 is 2.17 bits per heavy atom. The van der Waals surface area contributed by atoms with E-state index in [-0.39, 0.29) is 17.9 Å². The molecule has 2 aromatic heterocycles. The lowest BCUT2D eigenvalue weighted by Gasteiger charge is -2.27. The smallest absolute Gasteiger partial charge is 0.410 e. The number of hydrogen-bond acceptors (Lipinski definition) is 5. The third-order valence-corrected chi connectivity index (χ3v) is 3.88. The van der Waals surface area contributed by atoms with Gasteiger partial charge in [-0.2, -0.15) is 9.61 Å². The maximum absolute atomic E-state index is 12.3. The first-order chi connectivity index (χ1) is 10.8. The molecule has 0 spiro atoms. The van der Waals surface area contributed by atoms with E-state index in [0.717, 1.165) is 11.3 Å². The first-order valence-electron chi connectivity index (χ1n) is 7.79. The Kier molecular flexibility index (Phi) is 3.66. The molecule has 0 aromatic carbocycles. The molecule has 3 heterocycles. The minimum atomic E-state index is -0.527. The van der Waals surface area contributed by atoms with Gasteiger partial charge in [-0.15, -0.1) is 0 Å². The average Bonchev–Trinajstić information content (AvgIpc) is 2.84. The molecule has 1 aliphatic heterocycles. The summed E-state index contributed by atoms with van der Waals surface area (Å²) in [6.07, 6.45) is 1.80. The van der Waals surface area contributed by atoms with Crippen molar-refractivity contribution in [2.24, 2.45) is 0 Å². The molecule has 1 aliphatic rings. The lowest BCUT2D eigenvalue weighted by Crippen LogP contribution is -2.38. The molecule has 3 rings (SSSR count). The maximum atomic E-state index is 12.3. The molecular weight excluding hydrogens is 296 g/mol. The molecule has 0 saturated carbocycles. The maximum Gasteiger partial charge on any atom is 0.410 e. The van der Waals surface area contributed by atoms with Crippen LogP contribution >= 0.6 is 0 Å². The second-order valence-corrected chi connectivity index (χ2v) is 6.98. The van der Waals surface area contributed by atoms with E-state index < -0.39 is 5.60 Å². The molecule has 1 unspecified atom stereocenters. The predicted octanol–water partition coefficient (Wildman–Crippen LogP) is 2.33. The van der Waals surface area contributed by atoms with Crippen LogP contribution in [-0.4, -0.2) is 49.4 Å². The van der Waals surface area contributed by atoms with Crippen molar-refractivity contribution in [3.63, 3.8) is 0 Å². The highest BCUT2D eigenvalue weighted by molar-refractivity contribution is 5.68. The third kappa shape index (κ3) is 2.95. The highest BCUT2D eigenvalue weighted by Gasteiger charge is 2.30. The van der Waals surface area contributed by atoms with Crippen molar-refractivity contribution in [1.29, 1.82) is 0 Å². The van der Waals surface area contributed by atoms with Crippen molar-refractivity contribution in [3.8, 4) is 5.88 Å². The normalized spacial score (nSPS) is 18.6. The van der Waals surface area contributed by atoms with Crippen LogP contribution in [-0.2, 0) is 11.2 Å². The number of carbonyl (C=O) groups is 1. The molecule has 0 aliphatic carbocycles. The number of nitrogens with zero attached hydrogens (tertiary/aromatic N) is 4. The molecule has 0 radical (unpaired) electrons. The van der Waals surface area contributed by atoms with Crippen LogP contribution in [0.25, 0.3) is 5.65 Å². The van der Waals surface area contributed by atoms with E-state index >= 15 is 0 Å². The second-order valence-electron chi connectivity index (χ2n) is 6.98. The fourth-order valence-electron chi connectivity index (χ4n) is 2.87. The Morgan fingerprint density at radius 1 is 1.43 bits per heavy atom. The minimum Gasteiger partial charge on any atom is -0.493 e. The number of hydrogen-bond donors (Lipinski definition) is 1. The summed E-state index contributed by atoms with van der Waals surface area (Å²) in [4.78, 5) is 18.6. The minimum absolute atomic E-state index is 0.00539. The van der Waals surface area contributed by atoms with Crippen LogP contribution in [0.5, 0.6) is 5.88 Å². The summed E-state index contributed by atoms with van der Waals surface area (Å²) >= 11 is 0. The fourth-order valence-corrected chi connectivity index (χ4v) is 2.87. The first kappa shape index (κ1) is 15.6. The number of aromatic nitrogens is 3.